The van der Waals surface area contributed by atoms with Crippen LogP contribution >= 0.6 is 22.6 Å². The molecule has 0 bridgehead atoms. The van der Waals surface area contributed by atoms with Crippen LogP contribution in [0.25, 0.3) is 0 Å². The zero-order valence-electron chi connectivity index (χ0n) is 45.1. The number of alkyl halides is 1. The number of benzene rings is 2. The number of nitrogens with zero attached hydrogens (tertiary/aromatic N) is 5. The molecule has 2 aromatic carbocycles. The molecule has 2 N–H and O–H groups in total. The Hall–Kier alpha value is -5.62. The Kier molecular flexibility index (Phi) is 29.3. The molecule has 13 nitrogen and oxygen atoms in total. The molecule has 0 unspecified atom stereocenters. The van der Waals surface area contributed by atoms with Gasteiger partial charge in [0.2, 0.25) is 5.39 Å². The molecule has 0 saturated carbocycles. The molecule has 4 rings (SSSR count). The zero-order chi connectivity index (χ0) is 53.3. The monoisotopic (exact) mass is 1120 g/mol. The maximum Gasteiger partial charge on any atom is 0.382 e. The number of aromatic nitrogens is 2. The number of carbonyl (C=O) groups is 3. The van der Waals surface area contributed by atoms with Gasteiger partial charge in [-0.05, 0) is 112 Å². The number of nitrogens with one attached hydrogen (secondary N) is 2. The van der Waals surface area contributed by atoms with E-state index in [1.54, 1.807) is 25.1 Å². The van der Waals surface area contributed by atoms with Crippen molar-refractivity contribution in [3.05, 3.63) is 141 Å². The van der Waals surface area contributed by atoms with Crippen molar-refractivity contribution in [3.63, 3.8) is 0 Å². The Morgan fingerprint density at radius 3 is 1.58 bits per heavy atom. The summed E-state index contributed by atoms with van der Waals surface area (Å²) in [6.07, 6.45) is 19.8. The number of rotatable bonds is 32. The molecule has 0 atom stereocenters. The molecule has 4 aromatic rings. The van der Waals surface area contributed by atoms with Crippen LogP contribution in [0, 0.1) is 23.7 Å². The van der Waals surface area contributed by atoms with Gasteiger partial charge in [-0.15, -0.1) is 0 Å². The average molecular weight is 1120 g/mol. The molecule has 0 amide bonds. The second-order valence-electron chi connectivity index (χ2n) is 18.4. The summed E-state index contributed by atoms with van der Waals surface area (Å²) in [5.41, 5.74) is 6.92. The summed E-state index contributed by atoms with van der Waals surface area (Å²) in [5, 5.41) is 6.50. The van der Waals surface area contributed by atoms with Crippen molar-refractivity contribution in [2.24, 2.45) is 0 Å². The number of likely N-dealkylation sites (N-methyl/N-ethyl adjacent to an activating group) is 2. The Morgan fingerprint density at radius 2 is 1.11 bits per heavy atom. The molecular formula is C60H80IN7O6. The summed E-state index contributed by atoms with van der Waals surface area (Å²) in [6.45, 7) is 12.8. The van der Waals surface area contributed by atoms with Crippen molar-refractivity contribution in [1.29, 1.82) is 0 Å². The van der Waals surface area contributed by atoms with Gasteiger partial charge in [-0.3, -0.25) is 24.3 Å². The Bertz CT molecular complexity index is 2490. The predicted octanol–water partition coefficient (Wildman–Crippen LogP) is 11.5. The van der Waals surface area contributed by atoms with Gasteiger partial charge in [-0.2, -0.15) is 0 Å². The molecule has 0 fully saturated rings. The predicted molar refractivity (Wildman–Crippen MR) is 304 cm³/mol. The van der Waals surface area contributed by atoms with Crippen molar-refractivity contribution < 1.29 is 28.9 Å². The van der Waals surface area contributed by atoms with E-state index in [1.807, 2.05) is 57.2 Å². The van der Waals surface area contributed by atoms with Gasteiger partial charge < -0.3 is 10.6 Å². The van der Waals surface area contributed by atoms with E-state index in [1.165, 1.54) is 87.5 Å². The highest BCUT2D eigenvalue weighted by molar-refractivity contribution is 14.1. The Balaban J connectivity index is 1.61. The minimum Gasteiger partial charge on any atom is -0.391 e. The number of carbonyl (C=O) groups excluding carboxylic acids is 3. The fourth-order valence-electron chi connectivity index (χ4n) is 7.89. The van der Waals surface area contributed by atoms with Gasteiger partial charge in [-0.1, -0.05) is 175 Å². The lowest BCUT2D eigenvalue weighted by Crippen LogP contribution is -2.38. The first-order valence-corrected chi connectivity index (χ1v) is 28.3. The Morgan fingerprint density at radius 1 is 0.622 bits per heavy atom. The topological polar surface area (TPSA) is 138 Å². The van der Waals surface area contributed by atoms with E-state index in [-0.39, 0.29) is 23.3 Å². The number of halogens is 1. The van der Waals surface area contributed by atoms with Gasteiger partial charge in [0, 0.05) is 54.6 Å². The Labute approximate surface area is 456 Å². The lowest BCUT2D eigenvalue weighted by Gasteiger charge is -2.21. The smallest absolute Gasteiger partial charge is 0.382 e. The van der Waals surface area contributed by atoms with E-state index < -0.39 is 17.9 Å². The highest BCUT2D eigenvalue weighted by Crippen LogP contribution is 2.17. The third-order valence-corrected chi connectivity index (χ3v) is 13.0. The van der Waals surface area contributed by atoms with E-state index in [9.17, 15) is 14.4 Å². The lowest BCUT2D eigenvalue weighted by molar-refractivity contribution is -0.454. The normalized spacial score (nSPS) is 11.3. The largest absolute Gasteiger partial charge is 0.391 e. The molecule has 0 radical (unpaired) electrons. The van der Waals surface area contributed by atoms with Gasteiger partial charge in [0.15, 0.2) is 11.4 Å². The van der Waals surface area contributed by atoms with Crippen LogP contribution in [0.15, 0.2) is 84.6 Å². The summed E-state index contributed by atoms with van der Waals surface area (Å²) < 4.78 is 0.721. The first-order chi connectivity index (χ1) is 36.0. The third-order valence-electron chi connectivity index (χ3n) is 12.1. The molecule has 0 saturated heterocycles. The van der Waals surface area contributed by atoms with Crippen LogP contribution in [0.3, 0.4) is 0 Å². The van der Waals surface area contributed by atoms with E-state index in [2.05, 4.69) is 110 Å². The van der Waals surface area contributed by atoms with E-state index in [4.69, 9.17) is 14.5 Å². The summed E-state index contributed by atoms with van der Waals surface area (Å²) in [5.74, 6) is 9.85. The maximum absolute atomic E-state index is 14.2. The van der Waals surface area contributed by atoms with Gasteiger partial charge in [0.05, 0.1) is 22.5 Å². The number of allylic oxidation sites excluding steroid dienone is 1. The van der Waals surface area contributed by atoms with E-state index >= 15 is 0 Å². The molecule has 74 heavy (non-hydrogen) atoms. The summed E-state index contributed by atoms with van der Waals surface area (Å²) in [4.78, 5) is 71.4. The van der Waals surface area contributed by atoms with Gasteiger partial charge >= 0.3 is 17.9 Å². The molecule has 0 aliphatic carbocycles. The second-order valence-corrected chi connectivity index (χ2v) is 19.1. The second kappa shape index (κ2) is 35.6. The molecule has 14 heteroatoms. The van der Waals surface area contributed by atoms with Gasteiger partial charge in [-0.25, -0.2) is 24.4 Å². The van der Waals surface area contributed by atoms with E-state index in [0.717, 1.165) is 60.0 Å². The third kappa shape index (κ3) is 23.7. The van der Waals surface area contributed by atoms with Gasteiger partial charge in [0.25, 0.3) is 0 Å². The lowest BCUT2D eigenvalue weighted by atomic mass is 10.0. The maximum atomic E-state index is 14.2. The molecule has 0 aliphatic rings. The number of hydrogen-bond donors (Lipinski definition) is 2. The minimum absolute atomic E-state index is 0.133. The highest BCUT2D eigenvalue weighted by atomic mass is 127. The van der Waals surface area contributed by atoms with Crippen LogP contribution < -0.4 is 10.6 Å². The van der Waals surface area contributed by atoms with Crippen LogP contribution in [0.4, 0.5) is 0 Å². The summed E-state index contributed by atoms with van der Waals surface area (Å²) >= 11 is 2.29. The van der Waals surface area contributed by atoms with Crippen LogP contribution in [-0.4, -0.2) is 87.9 Å². The SMILES string of the molecule is CC/C=C(/CN(C)CC(=O)ON(OC(=O)c1cc(C#Cc2ccc(CCCCCCCC)cc2)cc(CNCC)n1)OC(=O)c1cc(C#Cc2ccc(CCCCCCCC)cc2)cc(CN(CC)CI)n1)NC. The molecule has 0 aliphatic heterocycles. The quantitative estimate of drug-likeness (QED) is 0.0120. The minimum atomic E-state index is -1.06. The summed E-state index contributed by atoms with van der Waals surface area (Å²) in [7, 11) is 3.54. The van der Waals surface area contributed by atoms with Crippen LogP contribution in [0.5, 0.6) is 0 Å². The molecule has 398 valence electrons. The first kappa shape index (κ1) is 60.9. The fourth-order valence-corrected chi connectivity index (χ4v) is 8.62. The number of hydrogen-bond acceptors (Lipinski definition) is 13. The fraction of sp³-hybridized carbons (Fsp3) is 0.483. The van der Waals surface area contributed by atoms with Crippen molar-refractivity contribution in [2.75, 3.05) is 44.8 Å². The van der Waals surface area contributed by atoms with Crippen molar-refractivity contribution in [2.45, 2.75) is 144 Å². The first-order valence-electron chi connectivity index (χ1n) is 26.7. The van der Waals surface area contributed by atoms with Gasteiger partial charge in [0.1, 0.15) is 0 Å². The number of unbranched alkanes of at least 4 members (excludes halogenated alkanes) is 10. The standard InChI is InChI=1S/C60H80IN7O6/c1-8-13-15-17-19-21-24-47-26-30-49(31-27-47)34-36-51-38-54(42-63-11-4)64-56(40-51)59(70)73-68(72-58(69)45-66(7)43-53(62-6)23-10-3)74-60(71)57-41-52(39-55(65-57)44-67(12-5)46-61)37-35-50-32-28-48(29-33-50)25-22-20-18-16-14-9-2/h23,26-33,38-41,62-63H,8-22,24-25,42-46H2,1-7H3/b53-23-. The summed E-state index contributed by atoms with van der Waals surface area (Å²) in [6, 6.07) is 23.1. The zero-order valence-corrected chi connectivity index (χ0v) is 47.3. The van der Waals surface area contributed by atoms with Crippen molar-refractivity contribution >= 4 is 40.5 Å². The van der Waals surface area contributed by atoms with Crippen LogP contribution in [-0.2, 0) is 45.2 Å². The number of aryl methyl sites for hydroxylation is 2. The van der Waals surface area contributed by atoms with Crippen LogP contribution in [0.2, 0.25) is 0 Å². The molecule has 2 heterocycles. The highest BCUT2D eigenvalue weighted by Gasteiger charge is 2.27. The van der Waals surface area contributed by atoms with Crippen molar-refractivity contribution in [1.82, 2.24) is 35.8 Å². The van der Waals surface area contributed by atoms with Crippen LogP contribution in [0.1, 0.15) is 184 Å². The van der Waals surface area contributed by atoms with Crippen molar-refractivity contribution in [3.8, 4) is 23.7 Å². The number of pyridine rings is 2. The van der Waals surface area contributed by atoms with E-state index in [0.29, 0.717) is 48.7 Å². The average Bonchev–Trinajstić information content (AvgIpc) is 3.40. The molecule has 2 aromatic heterocycles. The molecule has 0 spiro atoms. The molecular weight excluding hydrogens is 1040 g/mol.